The van der Waals surface area contributed by atoms with Crippen molar-refractivity contribution in [1.82, 2.24) is 14.9 Å². The van der Waals surface area contributed by atoms with Crippen molar-refractivity contribution in [2.45, 2.75) is 32.0 Å². The molecule has 3 heterocycles. The summed E-state index contributed by atoms with van der Waals surface area (Å²) in [6, 6.07) is 1.62. The van der Waals surface area contributed by atoms with Crippen LogP contribution in [0, 0.1) is 5.82 Å². The number of halogens is 4. The van der Waals surface area contributed by atoms with Crippen molar-refractivity contribution in [1.29, 1.82) is 0 Å². The Balaban J connectivity index is 1.59. The van der Waals surface area contributed by atoms with Crippen LogP contribution in [0.2, 0.25) is 10.3 Å². The Morgan fingerprint density at radius 2 is 2.00 bits per heavy atom. The van der Waals surface area contributed by atoms with E-state index in [4.69, 9.17) is 32.7 Å². The Kier molecular flexibility index (Phi) is 5.53. The molecule has 1 spiro atoms. The molecule has 0 radical (unpaired) electrons. The van der Waals surface area contributed by atoms with E-state index in [-0.39, 0.29) is 26.4 Å². The third-order valence-electron chi connectivity index (χ3n) is 4.94. The number of carbonyl (C=O) groups is 1. The van der Waals surface area contributed by atoms with Crippen molar-refractivity contribution in [3.8, 4) is 0 Å². The maximum atomic E-state index is 14.7. The molecule has 7 nitrogen and oxygen atoms in total. The molecule has 11 heteroatoms. The second-order valence-electron chi connectivity index (χ2n) is 8.49. The number of hydrogen-bond acceptors (Lipinski definition) is 6. The van der Waals surface area contributed by atoms with Gasteiger partial charge >= 0.3 is 6.09 Å². The molecule has 1 aromatic carbocycles. The summed E-state index contributed by atoms with van der Waals surface area (Å²) in [7, 11) is 0. The fraction of sp³-hybridized carbons (Fsp3) is 0.526. The molecule has 0 atom stereocenters. The van der Waals surface area contributed by atoms with Crippen molar-refractivity contribution in [2.24, 2.45) is 0 Å². The summed E-state index contributed by atoms with van der Waals surface area (Å²) in [5.41, 5.74) is -1.02. The van der Waals surface area contributed by atoms with Gasteiger partial charge in [-0.1, -0.05) is 11.6 Å². The van der Waals surface area contributed by atoms with Crippen molar-refractivity contribution in [2.75, 3.05) is 37.7 Å². The molecule has 2 aliphatic rings. The van der Waals surface area contributed by atoms with Gasteiger partial charge in [0.1, 0.15) is 22.5 Å². The van der Waals surface area contributed by atoms with E-state index in [1.807, 2.05) is 25.7 Å². The van der Waals surface area contributed by atoms with E-state index in [9.17, 15) is 9.18 Å². The summed E-state index contributed by atoms with van der Waals surface area (Å²) in [4.78, 5) is 24.2. The Labute approximate surface area is 191 Å². The summed E-state index contributed by atoms with van der Waals surface area (Å²) >= 11 is 15.4. The Bertz CT molecular complexity index is 1030. The number of ether oxygens (including phenoxy) is 2. The van der Waals surface area contributed by atoms with Gasteiger partial charge in [0.05, 0.1) is 35.7 Å². The van der Waals surface area contributed by atoms with E-state index in [0.717, 1.165) is 0 Å². The first-order valence-corrected chi connectivity index (χ1v) is 10.9. The maximum Gasteiger partial charge on any atom is 0.410 e. The number of amides is 1. The highest BCUT2D eigenvalue weighted by atomic mass is 79.9. The topological polar surface area (TPSA) is 67.8 Å². The average molecular weight is 522 g/mol. The van der Waals surface area contributed by atoms with Crippen LogP contribution in [-0.2, 0) is 9.47 Å². The molecule has 162 valence electrons. The zero-order chi connectivity index (χ0) is 21.8. The number of hydrogen-bond donors (Lipinski definition) is 0. The number of anilines is 1. The molecule has 4 rings (SSSR count). The van der Waals surface area contributed by atoms with Gasteiger partial charge in [0.15, 0.2) is 5.82 Å². The van der Waals surface area contributed by atoms with Crippen molar-refractivity contribution in [3.63, 3.8) is 0 Å². The van der Waals surface area contributed by atoms with Crippen molar-refractivity contribution >= 4 is 61.9 Å². The van der Waals surface area contributed by atoms with Crippen LogP contribution in [0.1, 0.15) is 20.8 Å². The van der Waals surface area contributed by atoms with Gasteiger partial charge in [-0.2, -0.15) is 4.98 Å². The highest BCUT2D eigenvalue weighted by molar-refractivity contribution is 9.10. The summed E-state index contributed by atoms with van der Waals surface area (Å²) in [5, 5.41) is 0.621. The number of benzene rings is 1. The van der Waals surface area contributed by atoms with Gasteiger partial charge in [0.25, 0.3) is 0 Å². The number of carbonyl (C=O) groups excluding carboxylic acids is 1. The van der Waals surface area contributed by atoms with Gasteiger partial charge in [-0.25, -0.2) is 14.2 Å². The molecule has 0 aliphatic carbocycles. The predicted octanol–water partition coefficient (Wildman–Crippen LogP) is 4.66. The lowest BCUT2D eigenvalue weighted by molar-refractivity contribution is -0.144. The molecule has 0 saturated carbocycles. The highest BCUT2D eigenvalue weighted by Crippen LogP contribution is 2.38. The fourth-order valence-corrected chi connectivity index (χ4v) is 4.35. The van der Waals surface area contributed by atoms with Crippen LogP contribution >= 0.6 is 39.1 Å². The minimum absolute atomic E-state index is 0.0600. The van der Waals surface area contributed by atoms with Gasteiger partial charge in [-0.3, -0.25) is 0 Å². The average Bonchev–Trinajstić information content (AvgIpc) is 2.63. The first kappa shape index (κ1) is 21.8. The van der Waals surface area contributed by atoms with Gasteiger partial charge in [-0.15, -0.1) is 0 Å². The molecule has 0 bridgehead atoms. The molecule has 2 fully saturated rings. The van der Waals surface area contributed by atoms with E-state index < -0.39 is 17.0 Å². The third kappa shape index (κ3) is 4.04. The molecule has 1 aromatic heterocycles. The Morgan fingerprint density at radius 1 is 1.30 bits per heavy atom. The molecule has 2 saturated heterocycles. The molecular formula is C19H20BrCl2FN4O3. The van der Waals surface area contributed by atoms with Gasteiger partial charge in [0, 0.05) is 11.9 Å². The van der Waals surface area contributed by atoms with E-state index in [1.165, 1.54) is 0 Å². The number of morpholine rings is 1. The Morgan fingerprint density at radius 3 is 2.67 bits per heavy atom. The van der Waals surface area contributed by atoms with Crippen LogP contribution < -0.4 is 4.90 Å². The Hall–Kier alpha value is -1.42. The molecule has 30 heavy (non-hydrogen) atoms. The zero-order valence-electron chi connectivity index (χ0n) is 16.6. The molecule has 2 aliphatic heterocycles. The van der Waals surface area contributed by atoms with Crippen LogP contribution in [0.3, 0.4) is 0 Å². The zero-order valence-corrected chi connectivity index (χ0v) is 19.7. The number of rotatable bonds is 1. The fourth-order valence-electron chi connectivity index (χ4n) is 3.69. The lowest BCUT2D eigenvalue weighted by Gasteiger charge is -2.53. The number of likely N-dealkylation sites (tertiary alicyclic amines) is 1. The molecular weight excluding hydrogens is 502 g/mol. The largest absolute Gasteiger partial charge is 0.444 e. The number of nitrogens with zero attached hydrogens (tertiary/aromatic N) is 4. The van der Waals surface area contributed by atoms with Crippen LogP contribution in [0.5, 0.6) is 0 Å². The highest BCUT2D eigenvalue weighted by Gasteiger charge is 2.50. The van der Waals surface area contributed by atoms with Crippen LogP contribution in [0.15, 0.2) is 10.5 Å². The normalized spacial score (nSPS) is 18.6. The smallest absolute Gasteiger partial charge is 0.410 e. The quantitative estimate of drug-likeness (QED) is 0.401. The molecule has 1 amide bonds. The van der Waals surface area contributed by atoms with E-state index in [0.29, 0.717) is 44.0 Å². The second-order valence-corrected chi connectivity index (χ2v) is 10.0. The second kappa shape index (κ2) is 7.62. The van der Waals surface area contributed by atoms with Crippen LogP contribution in [0.4, 0.5) is 15.0 Å². The standard InChI is InChI=1S/C19H20BrCl2FN4O3/c1-18(2,3)30-17(28)27-8-19(9-27)7-26(4-5-29-19)15-10-6-11(21)12(20)13(23)14(10)24-16(22)25-15/h6H,4-5,7-9H2,1-3H3. The van der Waals surface area contributed by atoms with Crippen molar-refractivity contribution < 1.29 is 18.7 Å². The van der Waals surface area contributed by atoms with Crippen LogP contribution in [0.25, 0.3) is 10.9 Å². The monoisotopic (exact) mass is 520 g/mol. The number of aromatic nitrogens is 2. The minimum Gasteiger partial charge on any atom is -0.444 e. The van der Waals surface area contributed by atoms with E-state index >= 15 is 0 Å². The molecule has 2 aromatic rings. The van der Waals surface area contributed by atoms with Gasteiger partial charge < -0.3 is 19.3 Å². The summed E-state index contributed by atoms with van der Waals surface area (Å²) in [6.07, 6.45) is -0.372. The van der Waals surface area contributed by atoms with E-state index in [2.05, 4.69) is 25.9 Å². The van der Waals surface area contributed by atoms with Crippen molar-refractivity contribution in [3.05, 3.63) is 26.7 Å². The van der Waals surface area contributed by atoms with Gasteiger partial charge in [-0.05, 0) is 54.4 Å². The molecule has 0 N–H and O–H groups in total. The van der Waals surface area contributed by atoms with Crippen LogP contribution in [-0.4, -0.2) is 64.9 Å². The predicted molar refractivity (Wildman–Crippen MR) is 116 cm³/mol. The van der Waals surface area contributed by atoms with E-state index in [1.54, 1.807) is 11.0 Å². The summed E-state index contributed by atoms with van der Waals surface area (Å²) < 4.78 is 26.3. The lowest BCUT2D eigenvalue weighted by Crippen LogP contribution is -2.71. The van der Waals surface area contributed by atoms with Gasteiger partial charge in [0.2, 0.25) is 5.28 Å². The third-order valence-corrected chi connectivity index (χ3v) is 6.41. The molecule has 0 unspecified atom stereocenters. The summed E-state index contributed by atoms with van der Waals surface area (Å²) in [6.45, 7) is 7.70. The minimum atomic E-state index is -0.592. The first-order chi connectivity index (χ1) is 14.0. The number of fused-ring (bicyclic) bond motifs is 1. The summed E-state index contributed by atoms with van der Waals surface area (Å²) in [5.74, 6) is -0.109. The maximum absolute atomic E-state index is 14.7. The lowest BCUT2D eigenvalue weighted by atomic mass is 9.92. The SMILES string of the molecule is CC(C)(C)OC(=O)N1CC2(C1)CN(c1nc(Cl)nc3c(F)c(Br)c(Cl)cc13)CCO2. The first-order valence-electron chi connectivity index (χ1n) is 9.36.